The maximum Gasteiger partial charge on any atom is 0.218 e. The van der Waals surface area contributed by atoms with Crippen LogP contribution in [-0.2, 0) is 4.74 Å². The van der Waals surface area contributed by atoms with Crippen LogP contribution in [0.2, 0.25) is 0 Å². The summed E-state index contributed by atoms with van der Waals surface area (Å²) in [6.07, 6.45) is 9.74. The van der Waals surface area contributed by atoms with Crippen LogP contribution in [-0.4, -0.2) is 67.4 Å². The van der Waals surface area contributed by atoms with Crippen molar-refractivity contribution in [1.29, 1.82) is 0 Å². The van der Waals surface area contributed by atoms with Crippen molar-refractivity contribution in [3.63, 3.8) is 0 Å². The molecular weight excluding hydrogens is 316 g/mol. The molecule has 3 fully saturated rings. The average molecular weight is 346 g/mol. The van der Waals surface area contributed by atoms with Gasteiger partial charge in [0.15, 0.2) is 0 Å². The molecule has 138 valence electrons. The summed E-state index contributed by atoms with van der Waals surface area (Å²) in [6, 6.07) is 1.96. The Morgan fingerprint density at radius 2 is 2.08 bits per heavy atom. The lowest BCUT2D eigenvalue weighted by Gasteiger charge is -2.48. The predicted molar refractivity (Wildman–Crippen MR) is 97.1 cm³/mol. The zero-order chi connectivity index (χ0) is 17.1. The van der Waals surface area contributed by atoms with Gasteiger partial charge < -0.3 is 19.3 Å². The van der Waals surface area contributed by atoms with Gasteiger partial charge in [-0.1, -0.05) is 0 Å². The number of ether oxygens (including phenoxy) is 2. The molecule has 1 unspecified atom stereocenters. The highest BCUT2D eigenvalue weighted by Crippen LogP contribution is 2.41. The van der Waals surface area contributed by atoms with E-state index >= 15 is 0 Å². The summed E-state index contributed by atoms with van der Waals surface area (Å²) < 4.78 is 11.1. The monoisotopic (exact) mass is 346 g/mol. The highest BCUT2D eigenvalue weighted by Gasteiger charge is 2.39. The third-order valence-electron chi connectivity index (χ3n) is 6.22. The molecule has 0 N–H and O–H groups in total. The lowest BCUT2D eigenvalue weighted by Crippen LogP contribution is -2.50. The van der Waals surface area contributed by atoms with Gasteiger partial charge in [0.1, 0.15) is 12.1 Å². The second-order valence-electron chi connectivity index (χ2n) is 7.88. The Hall–Kier alpha value is -1.40. The molecule has 1 atom stereocenters. The zero-order valence-electron chi connectivity index (χ0n) is 15.3. The molecule has 6 heteroatoms. The molecule has 4 heterocycles. The molecule has 0 amide bonds. The van der Waals surface area contributed by atoms with Crippen molar-refractivity contribution in [3.8, 4) is 5.88 Å². The molecular formula is C19H30N4O2. The molecule has 1 aromatic heterocycles. The van der Waals surface area contributed by atoms with Crippen molar-refractivity contribution in [2.75, 3.05) is 51.3 Å². The van der Waals surface area contributed by atoms with Crippen LogP contribution in [0.5, 0.6) is 5.88 Å². The highest BCUT2D eigenvalue weighted by molar-refractivity contribution is 5.41. The average Bonchev–Trinajstić information content (AvgIpc) is 3.17. The Bertz CT molecular complexity index is 568. The molecule has 0 aliphatic carbocycles. The number of piperidine rings is 2. The number of methoxy groups -OCH3 is 1. The van der Waals surface area contributed by atoms with Gasteiger partial charge in [0.2, 0.25) is 5.88 Å². The van der Waals surface area contributed by atoms with Crippen LogP contribution in [0.25, 0.3) is 0 Å². The Balaban J connectivity index is 1.36. The number of hydrogen-bond donors (Lipinski definition) is 0. The van der Waals surface area contributed by atoms with Gasteiger partial charge in [0.25, 0.3) is 0 Å². The highest BCUT2D eigenvalue weighted by atomic mass is 16.5. The van der Waals surface area contributed by atoms with Crippen LogP contribution in [0.1, 0.15) is 38.5 Å². The van der Waals surface area contributed by atoms with E-state index in [0.717, 1.165) is 32.1 Å². The van der Waals surface area contributed by atoms with E-state index < -0.39 is 0 Å². The molecule has 0 saturated carbocycles. The van der Waals surface area contributed by atoms with E-state index in [1.54, 1.807) is 13.4 Å². The molecule has 3 aliphatic heterocycles. The van der Waals surface area contributed by atoms with E-state index in [0.29, 0.717) is 17.4 Å². The first-order chi connectivity index (χ1) is 12.3. The van der Waals surface area contributed by atoms with Crippen molar-refractivity contribution >= 4 is 5.82 Å². The standard InChI is InChI=1S/C19H30N4O2/c1-24-18-12-17(20-15-21-18)23-8-3-5-19(14-23)6-9-22(10-7-19)13-16-4-2-11-25-16/h12,15-16H,2-11,13-14H2,1H3. The first-order valence-corrected chi connectivity index (χ1v) is 9.71. The molecule has 6 nitrogen and oxygen atoms in total. The van der Waals surface area contributed by atoms with E-state index in [9.17, 15) is 0 Å². The number of rotatable bonds is 4. The minimum absolute atomic E-state index is 0.448. The molecule has 3 aliphatic rings. The van der Waals surface area contributed by atoms with Crippen LogP contribution < -0.4 is 9.64 Å². The van der Waals surface area contributed by atoms with E-state index in [1.807, 2.05) is 6.07 Å². The largest absolute Gasteiger partial charge is 0.481 e. The Kier molecular flexibility index (Phi) is 5.08. The SMILES string of the molecule is COc1cc(N2CCCC3(CCN(CC4CCCO4)CC3)C2)ncn1. The molecule has 0 bridgehead atoms. The maximum absolute atomic E-state index is 5.81. The lowest BCUT2D eigenvalue weighted by molar-refractivity contribution is 0.0354. The minimum Gasteiger partial charge on any atom is -0.481 e. The normalized spacial score (nSPS) is 26.9. The number of hydrogen-bond acceptors (Lipinski definition) is 6. The third kappa shape index (κ3) is 3.90. The number of nitrogens with zero attached hydrogens (tertiary/aromatic N) is 4. The molecule has 3 saturated heterocycles. The van der Waals surface area contributed by atoms with E-state index in [1.165, 1.54) is 51.6 Å². The van der Waals surface area contributed by atoms with Crippen LogP contribution in [0.3, 0.4) is 0 Å². The topological polar surface area (TPSA) is 50.7 Å². The van der Waals surface area contributed by atoms with Gasteiger partial charge in [-0.3, -0.25) is 0 Å². The van der Waals surface area contributed by atoms with Crippen LogP contribution in [0.4, 0.5) is 5.82 Å². The third-order valence-corrected chi connectivity index (χ3v) is 6.22. The molecule has 1 aromatic rings. The van der Waals surface area contributed by atoms with Gasteiger partial charge >= 0.3 is 0 Å². The first-order valence-electron chi connectivity index (χ1n) is 9.71. The van der Waals surface area contributed by atoms with Crippen molar-refractivity contribution in [2.45, 2.75) is 44.6 Å². The summed E-state index contributed by atoms with van der Waals surface area (Å²) in [7, 11) is 1.66. The second-order valence-corrected chi connectivity index (χ2v) is 7.88. The summed E-state index contributed by atoms with van der Waals surface area (Å²) in [5.41, 5.74) is 0.448. The lowest BCUT2D eigenvalue weighted by atomic mass is 9.72. The van der Waals surface area contributed by atoms with Crippen molar-refractivity contribution in [2.24, 2.45) is 5.41 Å². The molecule has 1 spiro atoms. The molecule has 0 aromatic carbocycles. The molecule has 4 rings (SSSR count). The first kappa shape index (κ1) is 17.0. The fourth-order valence-corrected chi connectivity index (χ4v) is 4.71. The van der Waals surface area contributed by atoms with Crippen LogP contribution in [0, 0.1) is 5.41 Å². The summed E-state index contributed by atoms with van der Waals surface area (Å²) >= 11 is 0. The van der Waals surface area contributed by atoms with Gasteiger partial charge in [0.05, 0.1) is 13.2 Å². The summed E-state index contributed by atoms with van der Waals surface area (Å²) in [6.45, 7) is 6.70. The number of likely N-dealkylation sites (tertiary alicyclic amines) is 1. The van der Waals surface area contributed by atoms with Gasteiger partial charge in [-0.2, -0.15) is 0 Å². The summed E-state index contributed by atoms with van der Waals surface area (Å²) in [5, 5.41) is 0. The van der Waals surface area contributed by atoms with Crippen molar-refractivity contribution in [1.82, 2.24) is 14.9 Å². The fourth-order valence-electron chi connectivity index (χ4n) is 4.71. The second kappa shape index (κ2) is 7.46. The Morgan fingerprint density at radius 3 is 2.84 bits per heavy atom. The van der Waals surface area contributed by atoms with Crippen molar-refractivity contribution < 1.29 is 9.47 Å². The zero-order valence-corrected chi connectivity index (χ0v) is 15.3. The maximum atomic E-state index is 5.81. The van der Waals surface area contributed by atoms with E-state index in [4.69, 9.17) is 9.47 Å². The number of aromatic nitrogens is 2. The van der Waals surface area contributed by atoms with Crippen LogP contribution in [0.15, 0.2) is 12.4 Å². The molecule has 0 radical (unpaired) electrons. The van der Waals surface area contributed by atoms with E-state index in [2.05, 4.69) is 19.8 Å². The minimum atomic E-state index is 0.448. The summed E-state index contributed by atoms with van der Waals surface area (Å²) in [4.78, 5) is 13.7. The quantitative estimate of drug-likeness (QED) is 0.834. The Labute approximate surface area is 150 Å². The van der Waals surface area contributed by atoms with Crippen LogP contribution >= 0.6 is 0 Å². The Morgan fingerprint density at radius 1 is 1.20 bits per heavy atom. The van der Waals surface area contributed by atoms with Crippen molar-refractivity contribution in [3.05, 3.63) is 12.4 Å². The van der Waals surface area contributed by atoms with Gasteiger partial charge in [-0.25, -0.2) is 9.97 Å². The fraction of sp³-hybridized carbons (Fsp3) is 0.789. The summed E-state index contributed by atoms with van der Waals surface area (Å²) in [5.74, 6) is 1.66. The van der Waals surface area contributed by atoms with E-state index in [-0.39, 0.29) is 0 Å². The van der Waals surface area contributed by atoms with Gasteiger partial charge in [0, 0.05) is 32.3 Å². The van der Waals surface area contributed by atoms with Gasteiger partial charge in [-0.15, -0.1) is 0 Å². The van der Waals surface area contributed by atoms with Gasteiger partial charge in [-0.05, 0) is 57.0 Å². The molecule has 25 heavy (non-hydrogen) atoms. The smallest absolute Gasteiger partial charge is 0.218 e. The predicted octanol–water partition coefficient (Wildman–Crippen LogP) is 2.35. The number of anilines is 1.